The molecule has 1 aliphatic carbocycles. The van der Waals surface area contributed by atoms with Crippen molar-refractivity contribution in [2.75, 3.05) is 5.32 Å². The average molecular weight is 425 g/mol. The fourth-order valence-corrected chi connectivity index (χ4v) is 3.73. The summed E-state index contributed by atoms with van der Waals surface area (Å²) in [4.78, 5) is 29.8. The van der Waals surface area contributed by atoms with Crippen LogP contribution in [-0.2, 0) is 6.54 Å². The molecule has 4 aromatic rings. The van der Waals surface area contributed by atoms with Crippen LogP contribution in [0.25, 0.3) is 11.0 Å². The van der Waals surface area contributed by atoms with Gasteiger partial charge in [0.05, 0.1) is 17.4 Å². The Morgan fingerprint density at radius 1 is 0.969 bits per heavy atom. The van der Waals surface area contributed by atoms with E-state index < -0.39 is 0 Å². The van der Waals surface area contributed by atoms with Crippen molar-refractivity contribution in [1.29, 1.82) is 0 Å². The smallest absolute Gasteiger partial charge is 0.255 e. The van der Waals surface area contributed by atoms with E-state index in [0.717, 1.165) is 35.0 Å². The number of carbonyl (C=O) groups excluding carboxylic acids is 2. The maximum Gasteiger partial charge on any atom is 0.255 e. The maximum atomic E-state index is 13.0. The molecule has 1 heterocycles. The average Bonchev–Trinajstić information content (AvgIpc) is 3.53. The molecule has 160 valence electrons. The highest BCUT2D eigenvalue weighted by Gasteiger charge is 2.24. The number of nitrogens with zero attached hydrogens (tertiary/aromatic N) is 2. The summed E-state index contributed by atoms with van der Waals surface area (Å²) in [6.45, 7) is 2.54. The number of para-hydroxylation sites is 2. The lowest BCUT2D eigenvalue weighted by molar-refractivity contribution is 0.0949. The minimum absolute atomic E-state index is 0.0995. The summed E-state index contributed by atoms with van der Waals surface area (Å²) in [7, 11) is 0. The summed E-state index contributed by atoms with van der Waals surface area (Å²) >= 11 is 0. The van der Waals surface area contributed by atoms with E-state index in [1.54, 1.807) is 18.2 Å². The number of nitrogens with one attached hydrogen (secondary N) is 2. The fourth-order valence-electron chi connectivity index (χ4n) is 3.73. The predicted octanol–water partition coefficient (Wildman–Crippen LogP) is 4.54. The largest absolute Gasteiger partial charge is 0.349 e. The van der Waals surface area contributed by atoms with E-state index in [1.165, 1.54) is 0 Å². The number of amides is 2. The van der Waals surface area contributed by atoms with E-state index in [2.05, 4.69) is 20.2 Å². The highest BCUT2D eigenvalue weighted by molar-refractivity contribution is 6.05. The van der Waals surface area contributed by atoms with E-state index in [1.807, 2.05) is 61.8 Å². The molecule has 1 fully saturated rings. The lowest BCUT2D eigenvalue weighted by Crippen LogP contribution is -2.25. The summed E-state index contributed by atoms with van der Waals surface area (Å²) in [5.74, 6) is -0.303. The van der Waals surface area contributed by atoms with E-state index in [-0.39, 0.29) is 17.9 Å². The van der Waals surface area contributed by atoms with Crippen LogP contribution in [0, 0.1) is 6.92 Å². The first-order valence-corrected chi connectivity index (χ1v) is 10.8. The molecule has 2 amide bonds. The van der Waals surface area contributed by atoms with Gasteiger partial charge in [-0.25, -0.2) is 4.98 Å². The molecule has 32 heavy (non-hydrogen) atoms. The zero-order valence-corrected chi connectivity index (χ0v) is 17.8. The standard InChI is InChI=1S/C26H24N4O2/c1-17-9-10-20(25(31)28-21-11-12-21)14-23(17)29-26(32)19-6-4-5-18(13-19)15-30-16-27-22-7-2-3-8-24(22)30/h2-10,13-14,16,21H,11-12,15H2,1H3,(H,28,31)(H,29,32). The molecule has 0 atom stereocenters. The van der Waals surface area contributed by atoms with Gasteiger partial charge in [-0.1, -0.05) is 30.3 Å². The van der Waals surface area contributed by atoms with Crippen LogP contribution < -0.4 is 10.6 Å². The molecular formula is C26H24N4O2. The molecule has 0 bridgehead atoms. The normalized spacial score (nSPS) is 13.2. The molecule has 0 saturated heterocycles. The second-order valence-corrected chi connectivity index (χ2v) is 8.29. The first-order valence-electron chi connectivity index (χ1n) is 10.8. The Kier molecular flexibility index (Phi) is 5.19. The van der Waals surface area contributed by atoms with Crippen LogP contribution in [0.15, 0.2) is 73.1 Å². The van der Waals surface area contributed by atoms with Crippen molar-refractivity contribution >= 4 is 28.5 Å². The van der Waals surface area contributed by atoms with Gasteiger partial charge in [0, 0.05) is 29.4 Å². The number of anilines is 1. The van der Waals surface area contributed by atoms with Crippen molar-refractivity contribution in [3.05, 3.63) is 95.3 Å². The first kappa shape index (κ1) is 20.0. The molecule has 1 aromatic heterocycles. The third kappa shape index (κ3) is 4.25. The molecular weight excluding hydrogens is 400 g/mol. The SMILES string of the molecule is Cc1ccc(C(=O)NC2CC2)cc1NC(=O)c1cccc(Cn2cnc3ccccc32)c1. The zero-order valence-electron chi connectivity index (χ0n) is 17.8. The van der Waals surface area contributed by atoms with Gasteiger partial charge >= 0.3 is 0 Å². The van der Waals surface area contributed by atoms with Crippen LogP contribution >= 0.6 is 0 Å². The molecule has 2 N–H and O–H groups in total. The van der Waals surface area contributed by atoms with Crippen LogP contribution in [0.3, 0.4) is 0 Å². The van der Waals surface area contributed by atoms with Gasteiger partial charge < -0.3 is 15.2 Å². The molecule has 0 spiro atoms. The minimum atomic E-state index is -0.204. The molecule has 0 aliphatic heterocycles. The van der Waals surface area contributed by atoms with E-state index in [4.69, 9.17) is 0 Å². The number of rotatable bonds is 6. The van der Waals surface area contributed by atoms with Gasteiger partial charge in [0.25, 0.3) is 11.8 Å². The van der Waals surface area contributed by atoms with Gasteiger partial charge in [-0.2, -0.15) is 0 Å². The van der Waals surface area contributed by atoms with Crippen LogP contribution in [0.2, 0.25) is 0 Å². The van der Waals surface area contributed by atoms with Gasteiger partial charge in [-0.15, -0.1) is 0 Å². The number of hydrogen-bond acceptors (Lipinski definition) is 3. The van der Waals surface area contributed by atoms with Gasteiger partial charge in [0.2, 0.25) is 0 Å². The van der Waals surface area contributed by atoms with Crippen LogP contribution in [0.4, 0.5) is 5.69 Å². The Morgan fingerprint density at radius 3 is 2.62 bits per heavy atom. The number of aromatic nitrogens is 2. The second-order valence-electron chi connectivity index (χ2n) is 8.29. The zero-order chi connectivity index (χ0) is 22.1. The maximum absolute atomic E-state index is 13.0. The van der Waals surface area contributed by atoms with Crippen molar-refractivity contribution in [2.24, 2.45) is 0 Å². The number of fused-ring (bicyclic) bond motifs is 1. The van der Waals surface area contributed by atoms with Gasteiger partial charge in [-0.05, 0) is 67.3 Å². The van der Waals surface area contributed by atoms with Crippen LogP contribution in [0.5, 0.6) is 0 Å². The minimum Gasteiger partial charge on any atom is -0.349 e. The molecule has 3 aromatic carbocycles. The molecule has 6 nitrogen and oxygen atoms in total. The number of imidazole rings is 1. The van der Waals surface area contributed by atoms with Crippen molar-refractivity contribution in [2.45, 2.75) is 32.4 Å². The lowest BCUT2D eigenvalue weighted by atomic mass is 10.1. The van der Waals surface area contributed by atoms with Crippen molar-refractivity contribution in [3.8, 4) is 0 Å². The van der Waals surface area contributed by atoms with E-state index in [9.17, 15) is 9.59 Å². The monoisotopic (exact) mass is 424 g/mol. The van der Waals surface area contributed by atoms with E-state index >= 15 is 0 Å². The quantitative estimate of drug-likeness (QED) is 0.477. The summed E-state index contributed by atoms with van der Waals surface area (Å²) in [6.07, 6.45) is 3.89. The van der Waals surface area contributed by atoms with Crippen molar-refractivity contribution < 1.29 is 9.59 Å². The molecule has 0 unspecified atom stereocenters. The Bertz CT molecular complexity index is 1320. The second kappa shape index (κ2) is 8.30. The van der Waals surface area contributed by atoms with Crippen LogP contribution in [-0.4, -0.2) is 27.4 Å². The Hall–Kier alpha value is -3.93. The van der Waals surface area contributed by atoms with Gasteiger partial charge in [-0.3, -0.25) is 9.59 Å². The molecule has 5 rings (SSSR count). The van der Waals surface area contributed by atoms with Crippen molar-refractivity contribution in [1.82, 2.24) is 14.9 Å². The Labute approximate surface area is 186 Å². The van der Waals surface area contributed by atoms with Crippen LogP contribution in [0.1, 0.15) is 44.7 Å². The molecule has 1 saturated carbocycles. The predicted molar refractivity (Wildman–Crippen MR) is 125 cm³/mol. The first-order chi connectivity index (χ1) is 15.6. The topological polar surface area (TPSA) is 76.0 Å². The fraction of sp³-hybridized carbons (Fsp3) is 0.192. The number of carbonyl (C=O) groups is 2. The van der Waals surface area contributed by atoms with Gasteiger partial charge in [0.1, 0.15) is 0 Å². The summed E-state index contributed by atoms with van der Waals surface area (Å²) in [5.41, 5.74) is 5.68. The number of benzene rings is 3. The van der Waals surface area contributed by atoms with E-state index in [0.29, 0.717) is 23.4 Å². The highest BCUT2D eigenvalue weighted by Crippen LogP contribution is 2.22. The lowest BCUT2D eigenvalue weighted by Gasteiger charge is -2.12. The summed E-state index contributed by atoms with van der Waals surface area (Å²) in [5, 5.41) is 5.95. The molecule has 0 radical (unpaired) electrons. The third-order valence-electron chi connectivity index (χ3n) is 5.73. The third-order valence-corrected chi connectivity index (χ3v) is 5.73. The highest BCUT2D eigenvalue weighted by atomic mass is 16.2. The Balaban J connectivity index is 1.33. The Morgan fingerprint density at radius 2 is 1.78 bits per heavy atom. The number of aryl methyl sites for hydroxylation is 1. The van der Waals surface area contributed by atoms with Crippen molar-refractivity contribution in [3.63, 3.8) is 0 Å². The molecule has 6 heteroatoms. The summed E-state index contributed by atoms with van der Waals surface area (Å²) < 4.78 is 2.07. The number of hydrogen-bond donors (Lipinski definition) is 2. The molecule has 1 aliphatic rings. The van der Waals surface area contributed by atoms with Gasteiger partial charge in [0.15, 0.2) is 0 Å². The summed E-state index contributed by atoms with van der Waals surface area (Å²) in [6, 6.07) is 21.2.